The molecule has 0 unspecified atom stereocenters. The average molecular weight is 526 g/mol. The summed E-state index contributed by atoms with van der Waals surface area (Å²) in [5.41, 5.74) is -0.801. The highest BCUT2D eigenvalue weighted by Gasteiger charge is 2.47. The molecule has 1 aliphatic heterocycles. The fourth-order valence-electron chi connectivity index (χ4n) is 4.65. The molecular weight excluding hydrogens is 495 g/mol. The number of halogens is 3. The second-order valence-electron chi connectivity index (χ2n) is 9.79. The van der Waals surface area contributed by atoms with Gasteiger partial charge in [0.1, 0.15) is 5.69 Å². The van der Waals surface area contributed by atoms with E-state index in [2.05, 4.69) is 25.8 Å². The van der Waals surface area contributed by atoms with E-state index in [0.717, 1.165) is 37.9 Å². The van der Waals surface area contributed by atoms with Crippen LogP contribution in [0.4, 0.5) is 23.9 Å². The largest absolute Gasteiger partial charge is 0.441 e. The number of hydrogen-bond acceptors (Lipinski definition) is 9. The van der Waals surface area contributed by atoms with Gasteiger partial charge >= 0.3 is 12.3 Å². The molecule has 0 radical (unpaired) electrons. The Bertz CT molecular complexity index is 1090. The first-order valence-corrected chi connectivity index (χ1v) is 12.0. The first kappa shape index (κ1) is 26.6. The molecule has 2 amide bonds. The van der Waals surface area contributed by atoms with Gasteiger partial charge in [0.15, 0.2) is 18.1 Å². The summed E-state index contributed by atoms with van der Waals surface area (Å²) in [7, 11) is 3.80. The van der Waals surface area contributed by atoms with Gasteiger partial charge in [0.2, 0.25) is 5.95 Å². The Morgan fingerprint density at radius 1 is 1.27 bits per heavy atom. The van der Waals surface area contributed by atoms with Crippen LogP contribution in [0, 0.1) is 5.41 Å². The number of anilines is 1. The maximum Gasteiger partial charge on any atom is 0.433 e. The number of nitrogens with one attached hydrogen (secondary N) is 2. The molecule has 3 heterocycles. The molecule has 11 nitrogen and oxygen atoms in total. The summed E-state index contributed by atoms with van der Waals surface area (Å²) in [4.78, 5) is 35.6. The van der Waals surface area contributed by atoms with Gasteiger partial charge in [0, 0.05) is 44.5 Å². The normalized spacial score (nSPS) is 17.5. The van der Waals surface area contributed by atoms with Crippen molar-refractivity contribution >= 4 is 17.9 Å². The molecule has 1 aliphatic carbocycles. The van der Waals surface area contributed by atoms with E-state index in [1.807, 2.05) is 19.0 Å². The molecule has 2 aromatic rings. The van der Waals surface area contributed by atoms with Crippen molar-refractivity contribution in [3.8, 4) is 0 Å². The molecule has 2 aliphatic rings. The van der Waals surface area contributed by atoms with E-state index in [0.29, 0.717) is 26.2 Å². The number of aromatic nitrogens is 3. The van der Waals surface area contributed by atoms with Crippen molar-refractivity contribution in [1.82, 2.24) is 30.7 Å². The Morgan fingerprint density at radius 3 is 2.68 bits per heavy atom. The van der Waals surface area contributed by atoms with Gasteiger partial charge in [-0.3, -0.25) is 4.79 Å². The topological polar surface area (TPSA) is 126 Å². The van der Waals surface area contributed by atoms with E-state index in [-0.39, 0.29) is 41.4 Å². The predicted molar refractivity (Wildman–Crippen MR) is 125 cm³/mol. The fraction of sp³-hybridized carbons (Fsp3) is 0.609. The monoisotopic (exact) mass is 525 g/mol. The number of piperidine rings is 1. The lowest BCUT2D eigenvalue weighted by atomic mass is 9.60. The maximum atomic E-state index is 12.9. The van der Waals surface area contributed by atoms with Gasteiger partial charge in [-0.25, -0.2) is 14.8 Å². The Kier molecular flexibility index (Phi) is 7.85. The molecule has 2 aromatic heterocycles. The van der Waals surface area contributed by atoms with Gasteiger partial charge in [-0.2, -0.15) is 13.2 Å². The van der Waals surface area contributed by atoms with Crippen molar-refractivity contribution in [2.75, 3.05) is 45.2 Å². The van der Waals surface area contributed by atoms with Crippen LogP contribution < -0.4 is 15.5 Å². The number of hydrogen-bond donors (Lipinski definition) is 2. The van der Waals surface area contributed by atoms with Crippen LogP contribution in [0.1, 0.15) is 47.6 Å². The van der Waals surface area contributed by atoms with Crippen LogP contribution in [0.5, 0.6) is 0 Å². The molecule has 2 fully saturated rings. The van der Waals surface area contributed by atoms with Crippen LogP contribution in [0.3, 0.4) is 0 Å². The maximum absolute atomic E-state index is 12.9. The second-order valence-corrected chi connectivity index (χ2v) is 9.79. The standard InChI is InChI=1S/C23H30F3N7O4/c1-32(2)10-7-27-19(34)17-11-16(37-31-17)14-36-21(35)29-15-12-22(13-15)4-8-33(9-5-22)20-28-6-3-18(30-20)23(24,25)26/h3,6,11,15H,4-5,7-10,12-14H2,1-2H3,(H,27,34)(H,29,35). The summed E-state index contributed by atoms with van der Waals surface area (Å²) in [6.07, 6.45) is -0.896. The van der Waals surface area contributed by atoms with Gasteiger partial charge in [-0.15, -0.1) is 0 Å². The molecule has 0 atom stereocenters. The minimum Gasteiger partial charge on any atom is -0.441 e. The molecule has 202 valence electrons. The number of carbonyl (C=O) groups is 2. The summed E-state index contributed by atoms with van der Waals surface area (Å²) >= 11 is 0. The van der Waals surface area contributed by atoms with E-state index in [9.17, 15) is 22.8 Å². The summed E-state index contributed by atoms with van der Waals surface area (Å²) in [6, 6.07) is 2.25. The van der Waals surface area contributed by atoms with Crippen LogP contribution in [-0.2, 0) is 17.5 Å². The van der Waals surface area contributed by atoms with Crippen molar-refractivity contribution in [2.45, 2.75) is 44.5 Å². The molecule has 1 spiro atoms. The Hall–Kier alpha value is -3.42. The minimum absolute atomic E-state index is 0.0376. The Balaban J connectivity index is 1.16. The van der Waals surface area contributed by atoms with Gasteiger partial charge in [0.05, 0.1) is 0 Å². The van der Waals surface area contributed by atoms with Gasteiger partial charge in [-0.1, -0.05) is 5.16 Å². The Morgan fingerprint density at radius 2 is 2.00 bits per heavy atom. The Labute approximate surface area is 211 Å². The SMILES string of the molecule is CN(C)CCNC(=O)c1cc(COC(=O)NC2CC3(CCN(c4nccc(C(F)(F)F)n4)CC3)C2)on1. The summed E-state index contributed by atoms with van der Waals surface area (Å²) in [5.74, 6) is -0.0298. The van der Waals surface area contributed by atoms with Crippen LogP contribution in [0.2, 0.25) is 0 Å². The number of amides is 2. The van der Waals surface area contributed by atoms with E-state index in [4.69, 9.17) is 9.26 Å². The zero-order valence-corrected chi connectivity index (χ0v) is 20.7. The number of rotatable bonds is 8. The minimum atomic E-state index is -4.51. The highest BCUT2D eigenvalue weighted by atomic mass is 19.4. The lowest BCUT2D eigenvalue weighted by molar-refractivity contribution is -0.141. The van der Waals surface area contributed by atoms with E-state index in [1.165, 1.54) is 6.07 Å². The lowest BCUT2D eigenvalue weighted by Crippen LogP contribution is -2.55. The molecular formula is C23H30F3N7O4. The van der Waals surface area contributed by atoms with Crippen molar-refractivity contribution < 1.29 is 32.0 Å². The van der Waals surface area contributed by atoms with Crippen LogP contribution >= 0.6 is 0 Å². The summed E-state index contributed by atoms with van der Waals surface area (Å²) < 4.78 is 49.1. The summed E-state index contributed by atoms with van der Waals surface area (Å²) in [6.45, 7) is 2.09. The molecule has 4 rings (SSSR count). The average Bonchev–Trinajstić information content (AvgIpc) is 3.31. The smallest absolute Gasteiger partial charge is 0.433 e. The molecule has 1 saturated carbocycles. The molecule has 0 bridgehead atoms. The highest BCUT2D eigenvalue weighted by molar-refractivity contribution is 5.92. The number of likely N-dealkylation sites (N-methyl/N-ethyl adjacent to an activating group) is 1. The van der Waals surface area contributed by atoms with Crippen molar-refractivity contribution in [3.63, 3.8) is 0 Å². The first-order chi connectivity index (χ1) is 17.5. The third-order valence-corrected chi connectivity index (χ3v) is 6.70. The second kappa shape index (κ2) is 10.9. The van der Waals surface area contributed by atoms with Crippen molar-refractivity contribution in [3.05, 3.63) is 35.5 Å². The first-order valence-electron chi connectivity index (χ1n) is 12.0. The van der Waals surface area contributed by atoms with Gasteiger partial charge < -0.3 is 29.7 Å². The molecule has 0 aromatic carbocycles. The number of carbonyl (C=O) groups excluding carboxylic acids is 2. The molecule has 14 heteroatoms. The van der Waals surface area contributed by atoms with Gasteiger partial charge in [0.25, 0.3) is 5.91 Å². The molecule has 1 saturated heterocycles. The van der Waals surface area contributed by atoms with Gasteiger partial charge in [-0.05, 0) is 51.3 Å². The third kappa shape index (κ3) is 6.87. The van der Waals surface area contributed by atoms with E-state index < -0.39 is 18.0 Å². The van der Waals surface area contributed by atoms with Crippen molar-refractivity contribution in [1.29, 1.82) is 0 Å². The molecule has 37 heavy (non-hydrogen) atoms. The summed E-state index contributed by atoms with van der Waals surface area (Å²) in [5, 5.41) is 9.24. The lowest BCUT2D eigenvalue weighted by Gasteiger charge is -2.52. The van der Waals surface area contributed by atoms with Crippen LogP contribution in [-0.4, -0.2) is 78.3 Å². The number of alkyl halides is 3. The van der Waals surface area contributed by atoms with Crippen molar-refractivity contribution in [2.24, 2.45) is 5.41 Å². The van der Waals surface area contributed by atoms with E-state index in [1.54, 1.807) is 4.90 Å². The highest BCUT2D eigenvalue weighted by Crippen LogP contribution is 2.49. The van der Waals surface area contributed by atoms with Crippen LogP contribution in [0.25, 0.3) is 0 Å². The third-order valence-electron chi connectivity index (χ3n) is 6.70. The predicted octanol–water partition coefficient (Wildman–Crippen LogP) is 2.45. The zero-order valence-electron chi connectivity index (χ0n) is 20.7. The zero-order chi connectivity index (χ0) is 26.6. The van der Waals surface area contributed by atoms with Crippen LogP contribution in [0.15, 0.2) is 22.9 Å². The number of alkyl carbamates (subject to hydrolysis) is 1. The fourth-order valence-corrected chi connectivity index (χ4v) is 4.65. The van der Waals surface area contributed by atoms with E-state index >= 15 is 0 Å². The molecule has 2 N–H and O–H groups in total. The number of nitrogens with zero attached hydrogens (tertiary/aromatic N) is 5. The quantitative estimate of drug-likeness (QED) is 0.535. The number of ether oxygens (including phenoxy) is 1.